The van der Waals surface area contributed by atoms with Crippen molar-refractivity contribution in [2.24, 2.45) is 0 Å². The van der Waals surface area contributed by atoms with Crippen LogP contribution in [0.3, 0.4) is 0 Å². The van der Waals surface area contributed by atoms with Crippen molar-refractivity contribution in [3.63, 3.8) is 0 Å². The zero-order chi connectivity index (χ0) is 18.5. The van der Waals surface area contributed by atoms with Gasteiger partial charge in [-0.25, -0.2) is 4.98 Å². The molecular formula is C18H20N4O2S2. The first-order chi connectivity index (χ1) is 12.6. The number of benzene rings is 1. The third-order valence-electron chi connectivity index (χ3n) is 3.49. The standard InChI is InChI=1S/C18H20N4O2S2/c1-4-24-14-8-6-5-7-13(14)17-19-12(10-25-17)9-15(23)20-18-22-21-16(26-18)11(2)3/h5-8,10-11H,4,9H2,1-3H3,(H,20,22,23). The number of para-hydroxylation sites is 1. The van der Waals surface area contributed by atoms with E-state index in [-0.39, 0.29) is 12.3 Å². The van der Waals surface area contributed by atoms with Crippen LogP contribution in [0.15, 0.2) is 29.6 Å². The molecule has 1 aromatic carbocycles. The second-order valence-corrected chi connectivity index (χ2v) is 7.77. The molecule has 0 aliphatic heterocycles. The van der Waals surface area contributed by atoms with Crippen LogP contribution in [0, 0.1) is 0 Å². The van der Waals surface area contributed by atoms with Gasteiger partial charge in [0.25, 0.3) is 0 Å². The maximum absolute atomic E-state index is 12.2. The summed E-state index contributed by atoms with van der Waals surface area (Å²) >= 11 is 2.90. The molecule has 0 bridgehead atoms. The molecule has 1 amide bonds. The Balaban J connectivity index is 1.67. The van der Waals surface area contributed by atoms with E-state index in [0.29, 0.717) is 17.7 Å². The highest BCUT2D eigenvalue weighted by molar-refractivity contribution is 7.15. The van der Waals surface area contributed by atoms with Crippen LogP contribution in [0.5, 0.6) is 5.75 Å². The number of rotatable bonds is 7. The van der Waals surface area contributed by atoms with Crippen molar-refractivity contribution in [1.29, 1.82) is 0 Å². The Kier molecular flexibility index (Phi) is 5.95. The second-order valence-electron chi connectivity index (χ2n) is 5.90. The van der Waals surface area contributed by atoms with E-state index in [2.05, 4.69) is 20.5 Å². The van der Waals surface area contributed by atoms with Crippen molar-refractivity contribution in [2.45, 2.75) is 33.1 Å². The molecule has 2 heterocycles. The van der Waals surface area contributed by atoms with Gasteiger partial charge in [0.1, 0.15) is 15.8 Å². The number of nitrogens with one attached hydrogen (secondary N) is 1. The molecule has 3 aromatic rings. The van der Waals surface area contributed by atoms with Gasteiger partial charge in [-0.05, 0) is 19.1 Å². The fourth-order valence-corrected chi connectivity index (χ4v) is 3.89. The lowest BCUT2D eigenvalue weighted by Gasteiger charge is -2.07. The molecule has 0 saturated carbocycles. The summed E-state index contributed by atoms with van der Waals surface area (Å²) in [6.45, 7) is 6.64. The Bertz CT molecular complexity index is 889. The molecule has 0 aliphatic rings. The van der Waals surface area contributed by atoms with Gasteiger partial charge in [0.05, 0.1) is 24.3 Å². The minimum absolute atomic E-state index is 0.147. The largest absolute Gasteiger partial charge is 0.493 e. The number of carbonyl (C=O) groups excluding carboxylic acids is 1. The highest BCUT2D eigenvalue weighted by Gasteiger charge is 2.14. The highest BCUT2D eigenvalue weighted by atomic mass is 32.1. The van der Waals surface area contributed by atoms with Crippen LogP contribution in [0.1, 0.15) is 37.4 Å². The third kappa shape index (κ3) is 4.44. The van der Waals surface area contributed by atoms with Gasteiger partial charge in [0, 0.05) is 11.3 Å². The van der Waals surface area contributed by atoms with E-state index in [0.717, 1.165) is 27.0 Å². The van der Waals surface area contributed by atoms with Gasteiger partial charge < -0.3 is 10.1 Å². The molecule has 136 valence electrons. The average molecular weight is 389 g/mol. The van der Waals surface area contributed by atoms with E-state index in [9.17, 15) is 4.79 Å². The summed E-state index contributed by atoms with van der Waals surface area (Å²) in [6, 6.07) is 7.79. The Hall–Kier alpha value is -2.32. The van der Waals surface area contributed by atoms with Crippen LogP contribution in [-0.4, -0.2) is 27.7 Å². The zero-order valence-electron chi connectivity index (χ0n) is 14.9. The lowest BCUT2D eigenvalue weighted by atomic mass is 10.2. The highest BCUT2D eigenvalue weighted by Crippen LogP contribution is 2.32. The SMILES string of the molecule is CCOc1ccccc1-c1nc(CC(=O)Nc2nnc(C(C)C)s2)cs1. The van der Waals surface area contributed by atoms with Crippen molar-refractivity contribution in [2.75, 3.05) is 11.9 Å². The Labute approximate surface area is 160 Å². The van der Waals surface area contributed by atoms with E-state index >= 15 is 0 Å². The maximum Gasteiger partial charge on any atom is 0.232 e. The molecule has 6 nitrogen and oxygen atoms in total. The predicted octanol–water partition coefficient (Wildman–Crippen LogP) is 4.36. The first-order valence-corrected chi connectivity index (χ1v) is 10.1. The topological polar surface area (TPSA) is 77.0 Å². The van der Waals surface area contributed by atoms with Gasteiger partial charge in [-0.2, -0.15) is 0 Å². The first-order valence-electron chi connectivity index (χ1n) is 8.36. The van der Waals surface area contributed by atoms with Crippen molar-refractivity contribution in [1.82, 2.24) is 15.2 Å². The molecule has 0 aliphatic carbocycles. The lowest BCUT2D eigenvalue weighted by molar-refractivity contribution is -0.115. The van der Waals surface area contributed by atoms with Crippen molar-refractivity contribution in [3.05, 3.63) is 40.3 Å². The first kappa shape index (κ1) is 18.5. The molecular weight excluding hydrogens is 368 g/mol. The van der Waals surface area contributed by atoms with Gasteiger partial charge in [0.2, 0.25) is 11.0 Å². The quantitative estimate of drug-likeness (QED) is 0.650. The van der Waals surface area contributed by atoms with Crippen molar-refractivity contribution in [3.8, 4) is 16.3 Å². The van der Waals surface area contributed by atoms with Crippen LogP contribution >= 0.6 is 22.7 Å². The molecule has 0 spiro atoms. The van der Waals surface area contributed by atoms with Gasteiger partial charge in [-0.1, -0.05) is 37.3 Å². The predicted molar refractivity (Wildman–Crippen MR) is 105 cm³/mol. The number of aromatic nitrogens is 3. The Morgan fingerprint density at radius 2 is 2.08 bits per heavy atom. The number of amides is 1. The van der Waals surface area contributed by atoms with E-state index in [1.807, 2.05) is 50.4 Å². The zero-order valence-corrected chi connectivity index (χ0v) is 16.5. The smallest absolute Gasteiger partial charge is 0.232 e. The van der Waals surface area contributed by atoms with E-state index in [1.54, 1.807) is 0 Å². The third-order valence-corrected chi connectivity index (χ3v) is 5.56. The lowest BCUT2D eigenvalue weighted by Crippen LogP contribution is -2.14. The van der Waals surface area contributed by atoms with E-state index in [4.69, 9.17) is 4.74 Å². The van der Waals surface area contributed by atoms with Crippen molar-refractivity contribution >= 4 is 33.7 Å². The fraction of sp³-hybridized carbons (Fsp3) is 0.333. The molecule has 1 N–H and O–H groups in total. The number of carbonyl (C=O) groups is 1. The average Bonchev–Trinajstić information content (AvgIpc) is 3.25. The molecule has 0 atom stereocenters. The summed E-state index contributed by atoms with van der Waals surface area (Å²) in [4.78, 5) is 16.8. The van der Waals surface area contributed by atoms with Crippen LogP contribution in [0.25, 0.3) is 10.6 Å². The van der Waals surface area contributed by atoms with Gasteiger partial charge >= 0.3 is 0 Å². The van der Waals surface area contributed by atoms with E-state index in [1.165, 1.54) is 22.7 Å². The Morgan fingerprint density at radius 1 is 1.27 bits per heavy atom. The maximum atomic E-state index is 12.2. The van der Waals surface area contributed by atoms with Gasteiger partial charge in [-0.15, -0.1) is 21.5 Å². The van der Waals surface area contributed by atoms with Crippen molar-refractivity contribution < 1.29 is 9.53 Å². The summed E-state index contributed by atoms with van der Waals surface area (Å²) in [6.07, 6.45) is 0.198. The molecule has 0 radical (unpaired) electrons. The monoisotopic (exact) mass is 388 g/mol. The Morgan fingerprint density at radius 3 is 2.81 bits per heavy atom. The summed E-state index contributed by atoms with van der Waals surface area (Å²) < 4.78 is 5.66. The molecule has 3 rings (SSSR count). The molecule has 8 heteroatoms. The van der Waals surface area contributed by atoms with Crippen LogP contribution in [0.2, 0.25) is 0 Å². The van der Waals surface area contributed by atoms with Crippen LogP contribution in [-0.2, 0) is 11.2 Å². The number of hydrogen-bond donors (Lipinski definition) is 1. The molecule has 0 fully saturated rings. The van der Waals surface area contributed by atoms with Crippen LogP contribution in [0.4, 0.5) is 5.13 Å². The number of nitrogens with zero attached hydrogens (tertiary/aromatic N) is 3. The minimum atomic E-state index is -0.147. The summed E-state index contributed by atoms with van der Waals surface area (Å²) in [7, 11) is 0. The number of anilines is 1. The minimum Gasteiger partial charge on any atom is -0.493 e. The summed E-state index contributed by atoms with van der Waals surface area (Å²) in [5.41, 5.74) is 1.67. The van der Waals surface area contributed by atoms with Gasteiger partial charge in [0.15, 0.2) is 0 Å². The molecule has 2 aromatic heterocycles. The van der Waals surface area contributed by atoms with Crippen LogP contribution < -0.4 is 10.1 Å². The summed E-state index contributed by atoms with van der Waals surface area (Å²) in [5.74, 6) is 0.950. The number of ether oxygens (including phenoxy) is 1. The fourth-order valence-electron chi connectivity index (χ4n) is 2.28. The second kappa shape index (κ2) is 8.37. The number of hydrogen-bond acceptors (Lipinski definition) is 7. The number of thiazole rings is 1. The molecule has 0 unspecified atom stereocenters. The van der Waals surface area contributed by atoms with Gasteiger partial charge in [-0.3, -0.25) is 4.79 Å². The molecule has 26 heavy (non-hydrogen) atoms. The normalized spacial score (nSPS) is 10.9. The molecule has 0 saturated heterocycles. The summed E-state index contributed by atoms with van der Waals surface area (Å²) in [5, 5.41) is 15.0. The van der Waals surface area contributed by atoms with E-state index < -0.39 is 0 Å².